The molecule has 1 aliphatic heterocycles. The molecule has 0 aliphatic carbocycles. The lowest BCUT2D eigenvalue weighted by atomic mass is 9.90. The van der Waals surface area contributed by atoms with Crippen molar-refractivity contribution in [1.29, 1.82) is 0 Å². The number of carbonyl (C=O) groups excluding carboxylic acids is 2. The minimum absolute atomic E-state index is 0.221. The lowest BCUT2D eigenvalue weighted by Gasteiger charge is -2.32. The zero-order valence-corrected chi connectivity index (χ0v) is 20.7. The maximum absolute atomic E-state index is 13.4. The van der Waals surface area contributed by atoms with Crippen LogP contribution in [-0.4, -0.2) is 65.7 Å². The van der Waals surface area contributed by atoms with Crippen molar-refractivity contribution >= 4 is 11.8 Å². The van der Waals surface area contributed by atoms with Crippen LogP contribution in [0, 0.1) is 0 Å². The van der Waals surface area contributed by atoms with E-state index in [0.29, 0.717) is 42.3 Å². The summed E-state index contributed by atoms with van der Waals surface area (Å²) in [4.78, 5) is 44.5. The highest BCUT2D eigenvalue weighted by molar-refractivity contribution is 5.96. The average molecular weight is 471 g/mol. The predicted molar refractivity (Wildman–Crippen MR) is 130 cm³/mol. The van der Waals surface area contributed by atoms with Crippen LogP contribution < -0.4 is 11.1 Å². The lowest BCUT2D eigenvalue weighted by molar-refractivity contribution is -0.129. The molecular formula is C24H38N8O2. The van der Waals surface area contributed by atoms with Gasteiger partial charge in [-0.25, -0.2) is 9.97 Å². The second kappa shape index (κ2) is 11.3. The number of hydrogen-bond acceptors (Lipinski definition) is 6. The highest BCUT2D eigenvalue weighted by Crippen LogP contribution is 2.28. The molecule has 0 bridgehead atoms. The normalized spacial score (nSPS) is 17.9. The Bertz CT molecular complexity index is 908. The summed E-state index contributed by atoms with van der Waals surface area (Å²) >= 11 is 0. The number of rotatable bonds is 13. The number of nitrogens with one attached hydrogen (secondary N) is 3. The molecule has 0 saturated carbocycles. The predicted octanol–water partition coefficient (Wildman–Crippen LogP) is 2.05. The van der Waals surface area contributed by atoms with E-state index in [1.54, 1.807) is 35.8 Å². The molecule has 2 aromatic heterocycles. The molecule has 10 heteroatoms. The number of H-pyrrole nitrogens is 2. The fourth-order valence-electron chi connectivity index (χ4n) is 4.56. The number of carbonyl (C=O) groups is 2. The minimum atomic E-state index is -0.938. The number of primary amides is 1. The Morgan fingerprint density at radius 2 is 1.62 bits per heavy atom. The van der Waals surface area contributed by atoms with Gasteiger partial charge in [-0.1, -0.05) is 6.08 Å². The van der Waals surface area contributed by atoms with Crippen molar-refractivity contribution in [1.82, 2.24) is 35.1 Å². The number of unbranched alkanes of at least 4 members (excludes halogenated alkanes) is 1. The summed E-state index contributed by atoms with van der Waals surface area (Å²) in [5.74, 6) is 0.681. The van der Waals surface area contributed by atoms with Crippen LogP contribution in [0.5, 0.6) is 0 Å². The van der Waals surface area contributed by atoms with Crippen molar-refractivity contribution in [2.24, 2.45) is 5.73 Å². The third kappa shape index (κ3) is 6.25. The Balaban J connectivity index is 1.63. The van der Waals surface area contributed by atoms with Crippen molar-refractivity contribution < 1.29 is 9.59 Å². The van der Waals surface area contributed by atoms with Crippen molar-refractivity contribution in [3.05, 3.63) is 48.2 Å². The Morgan fingerprint density at radius 1 is 1.03 bits per heavy atom. The molecule has 3 heterocycles. The fourth-order valence-corrected chi connectivity index (χ4v) is 4.56. The number of aromatic nitrogens is 4. The summed E-state index contributed by atoms with van der Waals surface area (Å²) in [7, 11) is 0. The third-order valence-electron chi connectivity index (χ3n) is 6.41. The fraction of sp³-hybridized carbons (Fsp3) is 0.583. The van der Waals surface area contributed by atoms with Gasteiger partial charge in [0.2, 0.25) is 5.91 Å². The second-order valence-corrected chi connectivity index (χ2v) is 9.51. The van der Waals surface area contributed by atoms with Crippen molar-refractivity contribution in [2.75, 3.05) is 6.54 Å². The summed E-state index contributed by atoms with van der Waals surface area (Å²) in [6, 6.07) is 0.935. The molecule has 2 amide bonds. The number of aromatic amines is 2. The summed E-state index contributed by atoms with van der Waals surface area (Å²) in [6.07, 6.45) is 11.3. The van der Waals surface area contributed by atoms with Crippen LogP contribution in [0.4, 0.5) is 0 Å². The molecule has 0 saturated heterocycles. The SMILES string of the molecule is CC(C)N(CCCCC1(C(N)=O)CC=C(C(=O)N(Cc2ncc[nH]2)Cc2ncc[nH]2)N1)C(C)C. The largest absolute Gasteiger partial charge is 0.368 e. The Hall–Kier alpha value is -3.14. The number of imidazole rings is 2. The monoisotopic (exact) mass is 470 g/mol. The molecule has 0 aromatic carbocycles. The van der Waals surface area contributed by atoms with Gasteiger partial charge in [0, 0.05) is 36.9 Å². The highest BCUT2D eigenvalue weighted by Gasteiger charge is 2.41. The van der Waals surface area contributed by atoms with Crippen molar-refractivity contribution in [3.63, 3.8) is 0 Å². The van der Waals surface area contributed by atoms with Crippen LogP contribution in [0.1, 0.15) is 65.0 Å². The number of amides is 2. The first-order valence-corrected chi connectivity index (χ1v) is 12.0. The molecule has 1 unspecified atom stereocenters. The van der Waals surface area contributed by atoms with Crippen LogP contribution in [0.3, 0.4) is 0 Å². The van der Waals surface area contributed by atoms with E-state index in [0.717, 1.165) is 19.4 Å². The molecule has 186 valence electrons. The third-order valence-corrected chi connectivity index (χ3v) is 6.41. The second-order valence-electron chi connectivity index (χ2n) is 9.51. The molecule has 0 fully saturated rings. The molecule has 2 aromatic rings. The van der Waals surface area contributed by atoms with Crippen molar-refractivity contribution in [2.45, 2.75) is 84.1 Å². The zero-order valence-electron chi connectivity index (χ0n) is 20.7. The van der Waals surface area contributed by atoms with Gasteiger partial charge < -0.3 is 25.9 Å². The van der Waals surface area contributed by atoms with Gasteiger partial charge in [-0.15, -0.1) is 0 Å². The van der Waals surface area contributed by atoms with Gasteiger partial charge in [-0.3, -0.25) is 14.5 Å². The molecular weight excluding hydrogens is 432 g/mol. The first kappa shape index (κ1) is 25.5. The van der Waals surface area contributed by atoms with E-state index in [1.165, 1.54) is 0 Å². The molecule has 0 spiro atoms. The standard InChI is InChI=1S/C24H38N8O2/c1-17(2)32(18(3)4)14-6-5-8-24(23(25)34)9-7-19(30-24)22(33)31(15-20-26-10-11-27-20)16-21-28-12-13-29-21/h7,10-13,17-18,30H,5-6,8-9,14-16H2,1-4H3,(H2,25,34)(H,26,27)(H,28,29). The molecule has 5 N–H and O–H groups in total. The van der Waals surface area contributed by atoms with Crippen molar-refractivity contribution in [3.8, 4) is 0 Å². The number of nitrogens with zero attached hydrogens (tertiary/aromatic N) is 4. The number of hydrogen-bond donors (Lipinski definition) is 4. The van der Waals surface area contributed by atoms with Gasteiger partial charge >= 0.3 is 0 Å². The van der Waals surface area contributed by atoms with Gasteiger partial charge in [0.25, 0.3) is 5.91 Å². The highest BCUT2D eigenvalue weighted by atomic mass is 16.2. The van der Waals surface area contributed by atoms with Crippen LogP contribution in [0.2, 0.25) is 0 Å². The lowest BCUT2D eigenvalue weighted by Crippen LogP contribution is -2.53. The quantitative estimate of drug-likeness (QED) is 0.331. The molecule has 1 atom stereocenters. The number of nitrogens with two attached hydrogens (primary N) is 1. The zero-order chi connectivity index (χ0) is 24.7. The molecule has 0 radical (unpaired) electrons. The van der Waals surface area contributed by atoms with Crippen LogP contribution in [0.25, 0.3) is 0 Å². The first-order chi connectivity index (χ1) is 16.2. The van der Waals surface area contributed by atoms with Crippen LogP contribution >= 0.6 is 0 Å². The first-order valence-electron chi connectivity index (χ1n) is 12.0. The van der Waals surface area contributed by atoms with E-state index >= 15 is 0 Å². The average Bonchev–Trinajstić information content (AvgIpc) is 3.55. The van der Waals surface area contributed by atoms with E-state index in [9.17, 15) is 9.59 Å². The van der Waals surface area contributed by atoms with Crippen LogP contribution in [0.15, 0.2) is 36.6 Å². The van der Waals surface area contributed by atoms with Crippen LogP contribution in [-0.2, 0) is 22.7 Å². The van der Waals surface area contributed by atoms with Gasteiger partial charge in [-0.05, 0) is 59.9 Å². The molecule has 34 heavy (non-hydrogen) atoms. The molecule has 3 rings (SSSR count). The van der Waals surface area contributed by atoms with Gasteiger partial charge in [0.05, 0.1) is 18.8 Å². The van der Waals surface area contributed by atoms with Gasteiger partial charge in [-0.2, -0.15) is 0 Å². The van der Waals surface area contributed by atoms with E-state index in [2.05, 4.69) is 57.8 Å². The van der Waals surface area contributed by atoms with E-state index < -0.39 is 11.4 Å². The smallest absolute Gasteiger partial charge is 0.270 e. The Labute approximate surface area is 201 Å². The molecule has 1 aliphatic rings. The van der Waals surface area contributed by atoms with Gasteiger partial charge in [0.15, 0.2) is 0 Å². The summed E-state index contributed by atoms with van der Waals surface area (Å²) in [5, 5.41) is 3.20. The Kier molecular flexibility index (Phi) is 8.49. The topological polar surface area (TPSA) is 136 Å². The van der Waals surface area contributed by atoms with E-state index in [4.69, 9.17) is 5.73 Å². The van der Waals surface area contributed by atoms with Gasteiger partial charge in [0.1, 0.15) is 17.2 Å². The summed E-state index contributed by atoms with van der Waals surface area (Å²) in [6.45, 7) is 10.3. The molecule has 10 nitrogen and oxygen atoms in total. The maximum atomic E-state index is 13.4. The summed E-state index contributed by atoms with van der Waals surface area (Å²) < 4.78 is 0. The minimum Gasteiger partial charge on any atom is -0.368 e. The Morgan fingerprint density at radius 3 is 2.09 bits per heavy atom. The summed E-state index contributed by atoms with van der Waals surface area (Å²) in [5.41, 5.74) is 5.28. The maximum Gasteiger partial charge on any atom is 0.270 e. The van der Waals surface area contributed by atoms with E-state index in [-0.39, 0.29) is 19.0 Å². The van der Waals surface area contributed by atoms with E-state index in [1.807, 2.05) is 0 Å².